The van der Waals surface area contributed by atoms with Gasteiger partial charge >= 0.3 is 0 Å². The van der Waals surface area contributed by atoms with Crippen molar-refractivity contribution in [2.45, 2.75) is 5.16 Å². The molecule has 0 aliphatic rings. The molecule has 1 rings (SSSR count). The van der Waals surface area contributed by atoms with E-state index in [1.807, 2.05) is 6.08 Å². The zero-order valence-electron chi connectivity index (χ0n) is 7.35. The predicted molar refractivity (Wildman–Crippen MR) is 59.2 cm³/mol. The Bertz CT molecular complexity index is 376. The van der Waals surface area contributed by atoms with Gasteiger partial charge in [0, 0.05) is 4.91 Å². The second-order valence-corrected chi connectivity index (χ2v) is 3.53. The minimum absolute atomic E-state index is 0.185. The molecule has 0 bridgehead atoms. The molecule has 1 aromatic rings. The van der Waals surface area contributed by atoms with E-state index in [2.05, 4.69) is 28.1 Å². The summed E-state index contributed by atoms with van der Waals surface area (Å²) < 4.78 is 0. The van der Waals surface area contributed by atoms with Gasteiger partial charge in [0.1, 0.15) is 6.33 Å². The highest BCUT2D eigenvalue weighted by atomic mass is 35.5. The molecule has 0 saturated carbocycles. The molecule has 0 amide bonds. The first-order chi connectivity index (χ1) is 6.76. The van der Waals surface area contributed by atoms with Gasteiger partial charge in [-0.1, -0.05) is 25.3 Å². The molecule has 0 saturated heterocycles. The average Bonchev–Trinajstić information content (AvgIpc) is 2.17. The summed E-state index contributed by atoms with van der Waals surface area (Å²) in [6.45, 7) is 7.25. The van der Waals surface area contributed by atoms with Gasteiger partial charge < -0.3 is 0 Å². The van der Waals surface area contributed by atoms with E-state index in [0.717, 1.165) is 4.91 Å². The number of halogens is 1. The van der Waals surface area contributed by atoms with Crippen LogP contribution in [-0.2, 0) is 0 Å². The summed E-state index contributed by atoms with van der Waals surface area (Å²) in [6.07, 6.45) is 6.55. The van der Waals surface area contributed by atoms with E-state index < -0.39 is 0 Å². The van der Waals surface area contributed by atoms with Gasteiger partial charge in [-0.15, -0.1) is 0 Å². The molecule has 0 spiro atoms. The van der Waals surface area contributed by atoms with Crippen LogP contribution in [0.5, 0.6) is 0 Å². The molecule has 0 radical (unpaired) electrons. The summed E-state index contributed by atoms with van der Waals surface area (Å²) in [4.78, 5) is 12.5. The Balaban J connectivity index is 2.82. The summed E-state index contributed by atoms with van der Waals surface area (Å²) in [6, 6.07) is 0. The highest BCUT2D eigenvalue weighted by Gasteiger charge is 2.00. The van der Waals surface area contributed by atoms with Crippen LogP contribution in [0.15, 0.2) is 47.8 Å². The van der Waals surface area contributed by atoms with Gasteiger partial charge in [0.15, 0.2) is 5.16 Å². The second-order valence-electron chi connectivity index (χ2n) is 2.15. The van der Waals surface area contributed by atoms with E-state index in [9.17, 15) is 0 Å². The zero-order chi connectivity index (χ0) is 10.4. The third kappa shape index (κ3) is 3.32. The lowest BCUT2D eigenvalue weighted by Crippen LogP contribution is -1.88. The van der Waals surface area contributed by atoms with Crippen molar-refractivity contribution in [2.24, 2.45) is 0 Å². The van der Waals surface area contributed by atoms with E-state index in [1.165, 1.54) is 18.1 Å². The number of hydrogen-bond donors (Lipinski definition) is 0. The van der Waals surface area contributed by atoms with Crippen molar-refractivity contribution in [3.8, 4) is 0 Å². The molecule has 0 aliphatic carbocycles. The van der Waals surface area contributed by atoms with E-state index in [4.69, 9.17) is 11.6 Å². The van der Waals surface area contributed by atoms with Crippen LogP contribution in [0.4, 0.5) is 0 Å². The molecule has 0 unspecified atom stereocenters. The Morgan fingerprint density at radius 3 is 2.79 bits per heavy atom. The SMILES string of the molecule is C=C/C=C(\C=C)Sc1ncnc(Cl)n1. The topological polar surface area (TPSA) is 38.7 Å². The van der Waals surface area contributed by atoms with Crippen LogP contribution < -0.4 is 0 Å². The first-order valence-corrected chi connectivity index (χ1v) is 4.93. The molecule has 1 aromatic heterocycles. The molecule has 0 aromatic carbocycles. The molecule has 0 aliphatic heterocycles. The molecule has 5 heteroatoms. The van der Waals surface area contributed by atoms with Gasteiger partial charge in [0.2, 0.25) is 5.28 Å². The molecule has 0 fully saturated rings. The van der Waals surface area contributed by atoms with Crippen molar-refractivity contribution < 1.29 is 0 Å². The molecule has 0 N–H and O–H groups in total. The van der Waals surface area contributed by atoms with Crippen molar-refractivity contribution >= 4 is 23.4 Å². The van der Waals surface area contributed by atoms with Gasteiger partial charge in [0.25, 0.3) is 0 Å². The first kappa shape index (κ1) is 10.9. The van der Waals surface area contributed by atoms with Crippen molar-refractivity contribution in [1.82, 2.24) is 15.0 Å². The van der Waals surface area contributed by atoms with Crippen molar-refractivity contribution in [3.05, 3.63) is 47.9 Å². The molecular weight excluding hydrogens is 218 g/mol. The Morgan fingerprint density at radius 1 is 1.43 bits per heavy atom. The van der Waals surface area contributed by atoms with Crippen LogP contribution in [0.2, 0.25) is 5.28 Å². The van der Waals surface area contributed by atoms with E-state index >= 15 is 0 Å². The quantitative estimate of drug-likeness (QED) is 0.584. The molecule has 3 nitrogen and oxygen atoms in total. The highest BCUT2D eigenvalue weighted by molar-refractivity contribution is 8.03. The second kappa shape index (κ2) is 5.57. The van der Waals surface area contributed by atoms with Crippen LogP contribution >= 0.6 is 23.4 Å². The average molecular weight is 226 g/mol. The lowest BCUT2D eigenvalue weighted by atomic mass is 10.5. The first-order valence-electron chi connectivity index (χ1n) is 3.74. The van der Waals surface area contributed by atoms with Gasteiger partial charge in [0.05, 0.1) is 0 Å². The summed E-state index contributed by atoms with van der Waals surface area (Å²) in [7, 11) is 0. The molecule has 1 heterocycles. The highest BCUT2D eigenvalue weighted by Crippen LogP contribution is 2.23. The van der Waals surface area contributed by atoms with Gasteiger partial charge in [-0.2, -0.15) is 4.98 Å². The zero-order valence-corrected chi connectivity index (χ0v) is 8.92. The standard InChI is InChI=1S/C9H8ClN3S/c1-3-5-7(4-2)14-9-12-6-11-8(10)13-9/h3-6H,1-2H2/b7-5+. The number of allylic oxidation sites excluding steroid dienone is 3. The van der Waals surface area contributed by atoms with Crippen LogP contribution in [0, 0.1) is 0 Å². The van der Waals surface area contributed by atoms with E-state index in [-0.39, 0.29) is 5.28 Å². The van der Waals surface area contributed by atoms with Crippen molar-refractivity contribution in [3.63, 3.8) is 0 Å². The Morgan fingerprint density at radius 2 is 2.21 bits per heavy atom. The number of hydrogen-bond acceptors (Lipinski definition) is 4. The van der Waals surface area contributed by atoms with Crippen LogP contribution in [0.25, 0.3) is 0 Å². The molecule has 0 atom stereocenters. The third-order valence-corrected chi connectivity index (χ3v) is 2.31. The summed E-state index contributed by atoms with van der Waals surface area (Å²) >= 11 is 6.96. The molecule has 72 valence electrons. The number of nitrogens with zero attached hydrogens (tertiary/aromatic N) is 3. The van der Waals surface area contributed by atoms with E-state index in [0.29, 0.717) is 5.16 Å². The third-order valence-electron chi connectivity index (χ3n) is 1.21. The van der Waals surface area contributed by atoms with Crippen LogP contribution in [0.3, 0.4) is 0 Å². The van der Waals surface area contributed by atoms with Crippen molar-refractivity contribution in [1.29, 1.82) is 0 Å². The normalized spacial score (nSPS) is 11.1. The Labute approximate surface area is 91.6 Å². The van der Waals surface area contributed by atoms with Gasteiger partial charge in [-0.3, -0.25) is 0 Å². The summed E-state index contributed by atoms with van der Waals surface area (Å²) in [5, 5.41) is 0.725. The fraction of sp³-hybridized carbons (Fsp3) is 0. The fourth-order valence-corrected chi connectivity index (χ4v) is 1.54. The lowest BCUT2D eigenvalue weighted by molar-refractivity contribution is 0.905. The van der Waals surface area contributed by atoms with Crippen molar-refractivity contribution in [2.75, 3.05) is 0 Å². The largest absolute Gasteiger partial charge is 0.226 e. The van der Waals surface area contributed by atoms with Crippen LogP contribution in [-0.4, -0.2) is 15.0 Å². The maximum absolute atomic E-state index is 5.61. The molecular formula is C9H8ClN3S. The predicted octanol–water partition coefficient (Wildman–Crippen LogP) is 2.87. The number of rotatable bonds is 4. The summed E-state index contributed by atoms with van der Waals surface area (Å²) in [5.74, 6) is 0. The lowest BCUT2D eigenvalue weighted by Gasteiger charge is -1.98. The van der Waals surface area contributed by atoms with Gasteiger partial charge in [-0.25, -0.2) is 9.97 Å². The molecule has 14 heavy (non-hydrogen) atoms. The Hall–Kier alpha value is -1.13. The maximum atomic E-state index is 5.61. The fourth-order valence-electron chi connectivity index (χ4n) is 0.677. The smallest absolute Gasteiger partial charge is 0.210 e. The van der Waals surface area contributed by atoms with Crippen LogP contribution in [0.1, 0.15) is 0 Å². The summed E-state index contributed by atoms with van der Waals surface area (Å²) in [5.41, 5.74) is 0. The van der Waals surface area contributed by atoms with E-state index in [1.54, 1.807) is 12.2 Å². The van der Waals surface area contributed by atoms with Gasteiger partial charge in [-0.05, 0) is 29.4 Å². The number of aromatic nitrogens is 3. The minimum Gasteiger partial charge on any atom is -0.210 e. The maximum Gasteiger partial charge on any atom is 0.226 e. The Kier molecular flexibility index (Phi) is 4.35. The number of thioether (sulfide) groups is 1. The minimum atomic E-state index is 0.185. The monoisotopic (exact) mass is 225 g/mol.